The van der Waals surface area contributed by atoms with Crippen LogP contribution >= 0.6 is 11.6 Å². The summed E-state index contributed by atoms with van der Waals surface area (Å²) in [6, 6.07) is 14.0. The molecule has 0 aliphatic rings. The van der Waals surface area contributed by atoms with Crippen molar-refractivity contribution in [3.63, 3.8) is 0 Å². The van der Waals surface area contributed by atoms with Crippen LogP contribution in [0.2, 0.25) is 5.02 Å². The molecule has 0 saturated heterocycles. The molecule has 0 saturated carbocycles. The third-order valence-corrected chi connectivity index (χ3v) is 3.64. The Morgan fingerprint density at radius 2 is 1.91 bits per heavy atom. The van der Waals surface area contributed by atoms with Gasteiger partial charge in [-0.05, 0) is 30.7 Å². The van der Waals surface area contributed by atoms with Crippen LogP contribution in [0.1, 0.15) is 6.42 Å². The van der Waals surface area contributed by atoms with E-state index < -0.39 is 11.8 Å². The molecule has 2 rings (SSSR count). The molecule has 0 fully saturated rings. The van der Waals surface area contributed by atoms with Crippen molar-refractivity contribution in [2.75, 3.05) is 30.4 Å². The average Bonchev–Trinajstić information content (AvgIpc) is 2.56. The van der Waals surface area contributed by atoms with Crippen molar-refractivity contribution < 1.29 is 9.18 Å². The molecule has 0 bridgehead atoms. The molecule has 2 amide bonds. The second-order valence-corrected chi connectivity index (χ2v) is 5.50. The molecular formula is C17H19ClFN3O. The third-order valence-electron chi connectivity index (χ3n) is 3.35. The number of hydrogen-bond donors (Lipinski definition) is 2. The van der Waals surface area contributed by atoms with Crippen molar-refractivity contribution in [3.05, 3.63) is 59.4 Å². The Morgan fingerprint density at radius 1 is 1.17 bits per heavy atom. The lowest BCUT2D eigenvalue weighted by molar-refractivity contribution is 0.252. The van der Waals surface area contributed by atoms with Gasteiger partial charge in [0.25, 0.3) is 0 Å². The molecule has 0 unspecified atom stereocenters. The van der Waals surface area contributed by atoms with Gasteiger partial charge in [0.1, 0.15) is 0 Å². The number of benzene rings is 2. The predicted molar refractivity (Wildman–Crippen MR) is 92.8 cm³/mol. The Balaban J connectivity index is 1.72. The normalized spacial score (nSPS) is 10.2. The molecule has 6 heteroatoms. The molecule has 2 aromatic carbocycles. The van der Waals surface area contributed by atoms with Crippen LogP contribution in [-0.4, -0.2) is 26.2 Å². The standard InChI is InChI=1S/C17H19ClFN3O/c1-22(13-7-3-2-4-8-13)12-6-11-20-17(23)21-15-10-5-9-14(18)16(15)19/h2-5,7-10H,6,11-12H2,1H3,(H2,20,21,23). The van der Waals surface area contributed by atoms with E-state index in [1.54, 1.807) is 6.07 Å². The predicted octanol–water partition coefficient (Wildman–Crippen LogP) is 4.13. The summed E-state index contributed by atoms with van der Waals surface area (Å²) in [6.45, 7) is 1.29. The van der Waals surface area contributed by atoms with E-state index in [-0.39, 0.29) is 10.7 Å². The van der Waals surface area contributed by atoms with E-state index >= 15 is 0 Å². The van der Waals surface area contributed by atoms with Crippen molar-refractivity contribution in [3.8, 4) is 0 Å². The van der Waals surface area contributed by atoms with E-state index in [1.807, 2.05) is 37.4 Å². The minimum atomic E-state index is -0.631. The first-order valence-electron chi connectivity index (χ1n) is 7.33. The summed E-state index contributed by atoms with van der Waals surface area (Å²) >= 11 is 5.66. The van der Waals surface area contributed by atoms with Gasteiger partial charge in [0, 0.05) is 25.8 Å². The minimum absolute atomic E-state index is 0.0210. The zero-order valence-corrected chi connectivity index (χ0v) is 13.6. The maximum atomic E-state index is 13.7. The smallest absolute Gasteiger partial charge is 0.319 e. The number of nitrogens with one attached hydrogen (secondary N) is 2. The molecule has 0 heterocycles. The summed E-state index contributed by atoms with van der Waals surface area (Å²) in [5.41, 5.74) is 1.19. The van der Waals surface area contributed by atoms with Gasteiger partial charge < -0.3 is 15.5 Å². The number of anilines is 2. The molecular weight excluding hydrogens is 317 g/mol. The van der Waals surface area contributed by atoms with E-state index in [0.717, 1.165) is 18.7 Å². The fourth-order valence-corrected chi connectivity index (χ4v) is 2.27. The lowest BCUT2D eigenvalue weighted by Crippen LogP contribution is -2.31. The quantitative estimate of drug-likeness (QED) is 0.780. The van der Waals surface area contributed by atoms with Crippen LogP contribution in [-0.2, 0) is 0 Å². The highest BCUT2D eigenvalue weighted by atomic mass is 35.5. The fourth-order valence-electron chi connectivity index (χ4n) is 2.10. The number of nitrogens with zero attached hydrogens (tertiary/aromatic N) is 1. The molecule has 0 aromatic heterocycles. The van der Waals surface area contributed by atoms with Gasteiger partial charge in [0.15, 0.2) is 5.82 Å². The van der Waals surface area contributed by atoms with Crippen molar-refractivity contribution in [1.82, 2.24) is 5.32 Å². The van der Waals surface area contributed by atoms with Gasteiger partial charge in [-0.1, -0.05) is 35.9 Å². The number of urea groups is 1. The Kier molecular flexibility index (Phi) is 6.23. The van der Waals surface area contributed by atoms with Crippen LogP contribution in [0.5, 0.6) is 0 Å². The van der Waals surface area contributed by atoms with E-state index in [2.05, 4.69) is 15.5 Å². The number of rotatable bonds is 6. The van der Waals surface area contributed by atoms with Crippen LogP contribution in [0, 0.1) is 5.82 Å². The molecule has 0 aliphatic carbocycles. The van der Waals surface area contributed by atoms with Crippen LogP contribution in [0.4, 0.5) is 20.6 Å². The highest BCUT2D eigenvalue weighted by Gasteiger charge is 2.09. The van der Waals surface area contributed by atoms with Gasteiger partial charge in [0.05, 0.1) is 10.7 Å². The van der Waals surface area contributed by atoms with Crippen molar-refractivity contribution in [1.29, 1.82) is 0 Å². The maximum absolute atomic E-state index is 13.7. The van der Waals surface area contributed by atoms with Gasteiger partial charge >= 0.3 is 6.03 Å². The monoisotopic (exact) mass is 335 g/mol. The summed E-state index contributed by atoms with van der Waals surface area (Å²) in [5, 5.41) is 5.12. The molecule has 4 nitrogen and oxygen atoms in total. The summed E-state index contributed by atoms with van der Waals surface area (Å²) < 4.78 is 13.7. The van der Waals surface area contributed by atoms with Gasteiger partial charge in [-0.25, -0.2) is 9.18 Å². The minimum Gasteiger partial charge on any atom is -0.375 e. The number of carbonyl (C=O) groups excluding carboxylic acids is 1. The van der Waals surface area contributed by atoms with Crippen LogP contribution in [0.15, 0.2) is 48.5 Å². The number of para-hydroxylation sites is 1. The zero-order chi connectivity index (χ0) is 16.7. The largest absolute Gasteiger partial charge is 0.375 e. The van der Waals surface area contributed by atoms with Gasteiger partial charge in [0.2, 0.25) is 0 Å². The average molecular weight is 336 g/mol. The second-order valence-electron chi connectivity index (χ2n) is 5.09. The number of carbonyl (C=O) groups is 1. The molecule has 0 spiro atoms. The highest BCUT2D eigenvalue weighted by molar-refractivity contribution is 6.31. The third kappa shape index (κ3) is 5.14. The molecule has 122 valence electrons. The van der Waals surface area contributed by atoms with Crippen LogP contribution in [0.3, 0.4) is 0 Å². The van der Waals surface area contributed by atoms with E-state index in [0.29, 0.717) is 6.54 Å². The Labute approximate surface area is 140 Å². The first-order chi connectivity index (χ1) is 11.1. The van der Waals surface area contributed by atoms with Crippen LogP contribution < -0.4 is 15.5 Å². The highest BCUT2D eigenvalue weighted by Crippen LogP contribution is 2.21. The van der Waals surface area contributed by atoms with Crippen molar-refractivity contribution >= 4 is 29.0 Å². The van der Waals surface area contributed by atoms with E-state index in [4.69, 9.17) is 11.6 Å². The first kappa shape index (κ1) is 17.1. The van der Waals surface area contributed by atoms with Gasteiger partial charge in [-0.3, -0.25) is 0 Å². The molecule has 23 heavy (non-hydrogen) atoms. The maximum Gasteiger partial charge on any atom is 0.319 e. The summed E-state index contributed by atoms with van der Waals surface area (Å²) in [7, 11) is 2.00. The lowest BCUT2D eigenvalue weighted by atomic mass is 10.3. The SMILES string of the molecule is CN(CCCNC(=O)Nc1cccc(Cl)c1F)c1ccccc1. The molecule has 2 aromatic rings. The van der Waals surface area contributed by atoms with Gasteiger partial charge in [-0.2, -0.15) is 0 Å². The Morgan fingerprint density at radius 3 is 2.65 bits per heavy atom. The first-order valence-corrected chi connectivity index (χ1v) is 7.71. The van der Waals surface area contributed by atoms with E-state index in [9.17, 15) is 9.18 Å². The fraction of sp³-hybridized carbons (Fsp3) is 0.235. The topological polar surface area (TPSA) is 44.4 Å². The van der Waals surface area contributed by atoms with E-state index in [1.165, 1.54) is 12.1 Å². The summed E-state index contributed by atoms with van der Waals surface area (Å²) in [6.07, 6.45) is 0.775. The van der Waals surface area contributed by atoms with Crippen LogP contribution in [0.25, 0.3) is 0 Å². The van der Waals surface area contributed by atoms with Crippen molar-refractivity contribution in [2.24, 2.45) is 0 Å². The van der Waals surface area contributed by atoms with Crippen molar-refractivity contribution in [2.45, 2.75) is 6.42 Å². The number of amides is 2. The Bertz CT molecular complexity index is 652. The lowest BCUT2D eigenvalue weighted by Gasteiger charge is -2.19. The molecule has 0 aliphatic heterocycles. The molecule has 0 atom stereocenters. The molecule has 0 radical (unpaired) electrons. The second kappa shape index (κ2) is 8.39. The zero-order valence-electron chi connectivity index (χ0n) is 12.9. The number of halogens is 2. The summed E-state index contributed by atoms with van der Waals surface area (Å²) in [4.78, 5) is 13.9. The number of hydrogen-bond acceptors (Lipinski definition) is 2. The molecule has 2 N–H and O–H groups in total. The van der Waals surface area contributed by atoms with Gasteiger partial charge in [-0.15, -0.1) is 0 Å². The Hall–Kier alpha value is -2.27. The summed E-state index contributed by atoms with van der Waals surface area (Å²) in [5.74, 6) is -0.631.